The van der Waals surface area contributed by atoms with Crippen molar-refractivity contribution in [2.45, 2.75) is 45.9 Å². The van der Waals surface area contributed by atoms with Crippen molar-refractivity contribution < 1.29 is 9.50 Å². The maximum atomic E-state index is 13.1. The SMILES string of the molecule is Cc1cc(C(O)C(C)NC(C)C)ccc1F. The molecule has 0 aliphatic heterocycles. The van der Waals surface area contributed by atoms with Crippen molar-refractivity contribution in [3.05, 3.63) is 35.1 Å². The van der Waals surface area contributed by atoms with E-state index in [-0.39, 0.29) is 11.9 Å². The Balaban J connectivity index is 2.79. The summed E-state index contributed by atoms with van der Waals surface area (Å²) in [7, 11) is 0. The van der Waals surface area contributed by atoms with Crippen molar-refractivity contribution in [2.75, 3.05) is 0 Å². The molecule has 0 amide bonds. The fourth-order valence-electron chi connectivity index (χ4n) is 1.76. The Kier molecular flexibility index (Phi) is 4.44. The van der Waals surface area contributed by atoms with E-state index in [0.717, 1.165) is 5.56 Å². The molecule has 1 aromatic rings. The molecule has 0 aliphatic rings. The summed E-state index contributed by atoms with van der Waals surface area (Å²) in [4.78, 5) is 0. The number of hydrogen-bond donors (Lipinski definition) is 2. The Morgan fingerprint density at radius 3 is 2.38 bits per heavy atom. The minimum absolute atomic E-state index is 0.0511. The number of rotatable bonds is 4. The van der Waals surface area contributed by atoms with Gasteiger partial charge in [-0.2, -0.15) is 0 Å². The van der Waals surface area contributed by atoms with Crippen LogP contribution in [0.1, 0.15) is 38.0 Å². The van der Waals surface area contributed by atoms with Crippen molar-refractivity contribution in [3.63, 3.8) is 0 Å². The second kappa shape index (κ2) is 5.41. The molecule has 0 heterocycles. The van der Waals surface area contributed by atoms with Gasteiger partial charge in [0.15, 0.2) is 0 Å². The molecule has 0 fully saturated rings. The van der Waals surface area contributed by atoms with Gasteiger partial charge in [0.05, 0.1) is 6.10 Å². The van der Waals surface area contributed by atoms with E-state index in [9.17, 15) is 9.50 Å². The van der Waals surface area contributed by atoms with Crippen LogP contribution in [0.4, 0.5) is 4.39 Å². The molecular weight excluding hydrogens is 205 g/mol. The zero-order valence-electron chi connectivity index (χ0n) is 10.3. The zero-order chi connectivity index (χ0) is 12.3. The summed E-state index contributed by atoms with van der Waals surface area (Å²) in [5.41, 5.74) is 1.31. The molecule has 0 aromatic heterocycles. The van der Waals surface area contributed by atoms with E-state index >= 15 is 0 Å². The first-order valence-electron chi connectivity index (χ1n) is 5.62. The van der Waals surface area contributed by atoms with Crippen LogP contribution in [0, 0.1) is 12.7 Å². The topological polar surface area (TPSA) is 32.3 Å². The molecule has 0 saturated heterocycles. The number of nitrogens with one attached hydrogen (secondary N) is 1. The molecule has 3 heteroatoms. The summed E-state index contributed by atoms with van der Waals surface area (Å²) < 4.78 is 13.1. The van der Waals surface area contributed by atoms with Gasteiger partial charge in [-0.15, -0.1) is 0 Å². The lowest BCUT2D eigenvalue weighted by molar-refractivity contribution is 0.131. The third-order valence-corrected chi connectivity index (χ3v) is 2.59. The zero-order valence-corrected chi connectivity index (χ0v) is 10.3. The van der Waals surface area contributed by atoms with Crippen LogP contribution in [0.15, 0.2) is 18.2 Å². The van der Waals surface area contributed by atoms with Gasteiger partial charge in [-0.3, -0.25) is 0 Å². The first-order chi connectivity index (χ1) is 7.41. The molecule has 2 unspecified atom stereocenters. The van der Waals surface area contributed by atoms with Crippen molar-refractivity contribution in [1.29, 1.82) is 0 Å². The summed E-state index contributed by atoms with van der Waals surface area (Å²) >= 11 is 0. The van der Waals surface area contributed by atoms with Crippen LogP contribution >= 0.6 is 0 Å². The standard InChI is InChI=1S/C13H20FNO/c1-8(2)15-10(4)13(16)11-5-6-12(14)9(3)7-11/h5-8,10,13,15-16H,1-4H3. The lowest BCUT2D eigenvalue weighted by atomic mass is 10.0. The highest BCUT2D eigenvalue weighted by atomic mass is 19.1. The van der Waals surface area contributed by atoms with Crippen LogP contribution < -0.4 is 5.32 Å². The molecule has 1 rings (SSSR count). The molecule has 2 atom stereocenters. The summed E-state index contributed by atoms with van der Waals surface area (Å²) in [5.74, 6) is -0.236. The predicted molar refractivity (Wildman–Crippen MR) is 63.8 cm³/mol. The van der Waals surface area contributed by atoms with E-state index in [0.29, 0.717) is 11.6 Å². The third kappa shape index (κ3) is 3.29. The maximum Gasteiger partial charge on any atom is 0.126 e. The van der Waals surface area contributed by atoms with E-state index in [2.05, 4.69) is 5.32 Å². The number of aliphatic hydroxyl groups is 1. The average molecular weight is 225 g/mol. The Labute approximate surface area is 96.5 Å². The Morgan fingerprint density at radius 2 is 1.88 bits per heavy atom. The Bertz CT molecular complexity index is 352. The summed E-state index contributed by atoms with van der Waals surface area (Å²) in [6.45, 7) is 7.67. The highest BCUT2D eigenvalue weighted by molar-refractivity contribution is 5.26. The van der Waals surface area contributed by atoms with Crippen LogP contribution in [0.25, 0.3) is 0 Å². The first-order valence-corrected chi connectivity index (χ1v) is 5.62. The van der Waals surface area contributed by atoms with Crippen LogP contribution in [0.5, 0.6) is 0 Å². The number of halogens is 1. The number of benzene rings is 1. The lowest BCUT2D eigenvalue weighted by Gasteiger charge is -2.23. The average Bonchev–Trinajstić information content (AvgIpc) is 2.20. The van der Waals surface area contributed by atoms with Crippen LogP contribution in [-0.2, 0) is 0 Å². The summed E-state index contributed by atoms with van der Waals surface area (Å²) in [5, 5.41) is 13.3. The molecule has 2 N–H and O–H groups in total. The third-order valence-electron chi connectivity index (χ3n) is 2.59. The molecule has 2 nitrogen and oxygen atoms in total. The molecule has 0 radical (unpaired) electrons. The largest absolute Gasteiger partial charge is 0.387 e. The molecule has 1 aromatic carbocycles. The predicted octanol–water partition coefficient (Wildman–Crippen LogP) is 2.55. The van der Waals surface area contributed by atoms with Gasteiger partial charge >= 0.3 is 0 Å². The van der Waals surface area contributed by atoms with Gasteiger partial charge in [-0.25, -0.2) is 4.39 Å². The molecule has 16 heavy (non-hydrogen) atoms. The fraction of sp³-hybridized carbons (Fsp3) is 0.538. The minimum Gasteiger partial charge on any atom is -0.387 e. The molecule has 0 saturated carbocycles. The van der Waals surface area contributed by atoms with Gasteiger partial charge in [-0.1, -0.05) is 26.0 Å². The Hall–Kier alpha value is -0.930. The van der Waals surface area contributed by atoms with Crippen molar-refractivity contribution in [3.8, 4) is 0 Å². The van der Waals surface area contributed by atoms with Crippen molar-refractivity contribution in [1.82, 2.24) is 5.32 Å². The number of hydrogen-bond acceptors (Lipinski definition) is 2. The molecule has 0 aliphatic carbocycles. The van der Waals surface area contributed by atoms with Gasteiger partial charge < -0.3 is 10.4 Å². The van der Waals surface area contributed by atoms with Crippen molar-refractivity contribution in [2.24, 2.45) is 0 Å². The minimum atomic E-state index is -0.610. The monoisotopic (exact) mass is 225 g/mol. The van der Waals surface area contributed by atoms with Crippen molar-refractivity contribution >= 4 is 0 Å². The van der Waals surface area contributed by atoms with Crippen LogP contribution in [0.2, 0.25) is 0 Å². The smallest absolute Gasteiger partial charge is 0.126 e. The van der Waals surface area contributed by atoms with E-state index < -0.39 is 6.10 Å². The van der Waals surface area contributed by atoms with Gasteiger partial charge in [0.25, 0.3) is 0 Å². The second-order valence-corrected chi connectivity index (χ2v) is 4.56. The van der Waals surface area contributed by atoms with Gasteiger partial charge in [0, 0.05) is 12.1 Å². The van der Waals surface area contributed by atoms with E-state index in [1.807, 2.05) is 20.8 Å². The quantitative estimate of drug-likeness (QED) is 0.825. The Morgan fingerprint density at radius 1 is 1.25 bits per heavy atom. The fourth-order valence-corrected chi connectivity index (χ4v) is 1.76. The normalized spacial score (nSPS) is 15.2. The van der Waals surface area contributed by atoms with Gasteiger partial charge in [0.1, 0.15) is 5.82 Å². The first kappa shape index (κ1) is 13.1. The van der Waals surface area contributed by atoms with Crippen LogP contribution in [-0.4, -0.2) is 17.2 Å². The lowest BCUT2D eigenvalue weighted by Crippen LogP contribution is -2.37. The molecule has 0 spiro atoms. The molecular formula is C13H20FNO. The summed E-state index contributed by atoms with van der Waals surface area (Å²) in [6, 6.07) is 4.98. The highest BCUT2D eigenvalue weighted by Crippen LogP contribution is 2.19. The van der Waals surface area contributed by atoms with Crippen LogP contribution in [0.3, 0.4) is 0 Å². The van der Waals surface area contributed by atoms with E-state index in [1.165, 1.54) is 6.07 Å². The second-order valence-electron chi connectivity index (χ2n) is 4.56. The number of aliphatic hydroxyl groups excluding tert-OH is 1. The summed E-state index contributed by atoms with van der Waals surface area (Å²) in [6.07, 6.45) is -0.610. The van der Waals surface area contributed by atoms with E-state index in [4.69, 9.17) is 0 Å². The number of aryl methyl sites for hydroxylation is 1. The van der Waals surface area contributed by atoms with Gasteiger partial charge in [0.2, 0.25) is 0 Å². The van der Waals surface area contributed by atoms with Gasteiger partial charge in [-0.05, 0) is 31.0 Å². The van der Waals surface area contributed by atoms with E-state index in [1.54, 1.807) is 19.1 Å². The highest BCUT2D eigenvalue weighted by Gasteiger charge is 2.17. The maximum absolute atomic E-state index is 13.1. The molecule has 0 bridgehead atoms. The molecule has 90 valence electrons.